The van der Waals surface area contributed by atoms with E-state index >= 15 is 0 Å². The minimum Gasteiger partial charge on any atom is -0.389 e. The van der Waals surface area contributed by atoms with Crippen LogP contribution in [-0.2, 0) is 4.74 Å². The van der Waals surface area contributed by atoms with Crippen molar-refractivity contribution in [2.24, 2.45) is 11.7 Å². The third-order valence-electron chi connectivity index (χ3n) is 3.51. The van der Waals surface area contributed by atoms with E-state index in [9.17, 15) is 4.39 Å². The Balaban J connectivity index is 2.13. The topological polar surface area (TPSA) is 38.5 Å². The number of hydrogen-bond acceptors (Lipinski definition) is 3. The predicted octanol–water partition coefficient (Wildman–Crippen LogP) is 2.32. The first kappa shape index (κ1) is 14.2. The fraction of sp³-hybridized carbons (Fsp3) is 0.500. The Morgan fingerprint density at radius 1 is 1.47 bits per heavy atom. The van der Waals surface area contributed by atoms with E-state index in [-0.39, 0.29) is 10.8 Å². The monoisotopic (exact) mass is 282 g/mol. The molecule has 1 aliphatic heterocycles. The number of anilines is 1. The SMILES string of the molecule is CN(CC1CCOCC1)c1ccc(F)cc1C(N)=S. The molecule has 0 radical (unpaired) electrons. The zero-order chi connectivity index (χ0) is 13.8. The summed E-state index contributed by atoms with van der Waals surface area (Å²) in [4.78, 5) is 2.33. The average molecular weight is 282 g/mol. The first-order valence-corrected chi connectivity index (χ1v) is 6.87. The van der Waals surface area contributed by atoms with Gasteiger partial charge in [-0.15, -0.1) is 0 Å². The Hall–Kier alpha value is -1.20. The largest absolute Gasteiger partial charge is 0.389 e. The van der Waals surface area contributed by atoms with Crippen LogP contribution in [0.5, 0.6) is 0 Å². The van der Waals surface area contributed by atoms with Crippen LogP contribution in [0.3, 0.4) is 0 Å². The summed E-state index contributed by atoms with van der Waals surface area (Å²) >= 11 is 5.00. The summed E-state index contributed by atoms with van der Waals surface area (Å²) in [6.07, 6.45) is 2.13. The van der Waals surface area contributed by atoms with Crippen molar-refractivity contribution in [3.8, 4) is 0 Å². The van der Waals surface area contributed by atoms with E-state index in [0.717, 1.165) is 38.3 Å². The molecule has 3 nitrogen and oxygen atoms in total. The Morgan fingerprint density at radius 3 is 2.79 bits per heavy atom. The molecule has 19 heavy (non-hydrogen) atoms. The molecule has 1 aliphatic rings. The van der Waals surface area contributed by atoms with E-state index < -0.39 is 0 Å². The summed E-state index contributed by atoms with van der Waals surface area (Å²) in [6, 6.07) is 4.58. The van der Waals surface area contributed by atoms with Gasteiger partial charge in [-0.3, -0.25) is 0 Å². The molecule has 0 aromatic heterocycles. The van der Waals surface area contributed by atoms with Crippen LogP contribution >= 0.6 is 12.2 Å². The number of nitrogens with zero attached hydrogens (tertiary/aromatic N) is 1. The Kier molecular flexibility index (Phi) is 4.71. The molecule has 0 unspecified atom stereocenters. The highest BCUT2D eigenvalue weighted by Gasteiger charge is 2.18. The van der Waals surface area contributed by atoms with Crippen molar-refractivity contribution in [1.82, 2.24) is 0 Å². The molecule has 1 aromatic rings. The minimum absolute atomic E-state index is 0.230. The highest BCUT2D eigenvalue weighted by Crippen LogP contribution is 2.24. The van der Waals surface area contributed by atoms with Gasteiger partial charge in [0.05, 0.1) is 0 Å². The fourth-order valence-corrected chi connectivity index (χ4v) is 2.62. The highest BCUT2D eigenvalue weighted by atomic mass is 32.1. The molecule has 1 heterocycles. The molecule has 0 amide bonds. The van der Waals surface area contributed by atoms with Gasteiger partial charge >= 0.3 is 0 Å². The van der Waals surface area contributed by atoms with Gasteiger partial charge in [-0.1, -0.05) is 12.2 Å². The molecule has 0 bridgehead atoms. The normalized spacial score (nSPS) is 16.3. The van der Waals surface area contributed by atoms with Crippen LogP contribution in [0.25, 0.3) is 0 Å². The summed E-state index contributed by atoms with van der Waals surface area (Å²) < 4.78 is 18.6. The number of nitrogens with two attached hydrogens (primary N) is 1. The summed E-state index contributed by atoms with van der Waals surface area (Å²) in [5.74, 6) is 0.286. The molecule has 0 saturated carbocycles. The van der Waals surface area contributed by atoms with Gasteiger partial charge in [-0.05, 0) is 37.0 Å². The third kappa shape index (κ3) is 3.64. The molecule has 104 valence electrons. The van der Waals surface area contributed by atoms with Crippen LogP contribution in [-0.4, -0.2) is 31.8 Å². The van der Waals surface area contributed by atoms with Crippen molar-refractivity contribution < 1.29 is 9.13 Å². The van der Waals surface area contributed by atoms with E-state index in [1.165, 1.54) is 12.1 Å². The molecular weight excluding hydrogens is 263 g/mol. The second-order valence-electron chi connectivity index (χ2n) is 4.96. The molecular formula is C14H19FN2OS. The van der Waals surface area contributed by atoms with Gasteiger partial charge in [-0.25, -0.2) is 4.39 Å². The van der Waals surface area contributed by atoms with Crippen molar-refractivity contribution in [3.05, 3.63) is 29.6 Å². The van der Waals surface area contributed by atoms with Crippen LogP contribution in [0.1, 0.15) is 18.4 Å². The predicted molar refractivity (Wildman–Crippen MR) is 79.1 cm³/mol. The van der Waals surface area contributed by atoms with Crippen LogP contribution < -0.4 is 10.6 Å². The van der Waals surface area contributed by atoms with Gasteiger partial charge in [0.15, 0.2) is 0 Å². The molecule has 1 saturated heterocycles. The maximum absolute atomic E-state index is 13.3. The molecule has 1 fully saturated rings. The van der Waals surface area contributed by atoms with Crippen molar-refractivity contribution in [1.29, 1.82) is 0 Å². The Labute approximate surface area is 118 Å². The van der Waals surface area contributed by atoms with Crippen molar-refractivity contribution in [3.63, 3.8) is 0 Å². The molecule has 0 aliphatic carbocycles. The number of rotatable bonds is 4. The highest BCUT2D eigenvalue weighted by molar-refractivity contribution is 7.80. The van der Waals surface area contributed by atoms with E-state index in [1.54, 1.807) is 6.07 Å². The standard InChI is InChI=1S/C14H19FN2OS/c1-17(9-10-4-6-18-7-5-10)13-3-2-11(15)8-12(13)14(16)19/h2-3,8,10H,4-7,9H2,1H3,(H2,16,19). The summed E-state index contributed by atoms with van der Waals surface area (Å²) in [6.45, 7) is 2.55. The third-order valence-corrected chi connectivity index (χ3v) is 3.73. The molecule has 5 heteroatoms. The average Bonchev–Trinajstić information content (AvgIpc) is 2.39. The first-order valence-electron chi connectivity index (χ1n) is 6.46. The van der Waals surface area contributed by atoms with Crippen LogP contribution in [0, 0.1) is 11.7 Å². The van der Waals surface area contributed by atoms with Gasteiger partial charge in [-0.2, -0.15) is 0 Å². The number of thiocarbonyl (C=S) groups is 1. The van der Waals surface area contributed by atoms with Crippen molar-refractivity contribution in [2.45, 2.75) is 12.8 Å². The van der Waals surface area contributed by atoms with Crippen LogP contribution in [0.2, 0.25) is 0 Å². The first-order chi connectivity index (χ1) is 9.08. The maximum atomic E-state index is 13.3. The van der Waals surface area contributed by atoms with E-state index in [1.807, 2.05) is 7.05 Å². The summed E-state index contributed by atoms with van der Waals surface area (Å²) in [5, 5.41) is 0. The lowest BCUT2D eigenvalue weighted by Crippen LogP contribution is -2.31. The molecule has 1 aromatic carbocycles. The molecule has 2 rings (SSSR count). The summed E-state index contributed by atoms with van der Waals surface area (Å²) in [5.41, 5.74) is 7.16. The lowest BCUT2D eigenvalue weighted by molar-refractivity contribution is 0.0685. The smallest absolute Gasteiger partial charge is 0.124 e. The Morgan fingerprint density at radius 2 is 2.16 bits per heavy atom. The van der Waals surface area contributed by atoms with E-state index in [4.69, 9.17) is 22.7 Å². The van der Waals surface area contributed by atoms with E-state index in [2.05, 4.69) is 4.90 Å². The van der Waals surface area contributed by atoms with Crippen LogP contribution in [0.15, 0.2) is 18.2 Å². The molecule has 0 spiro atoms. The fourth-order valence-electron chi connectivity index (χ4n) is 2.45. The lowest BCUT2D eigenvalue weighted by Gasteiger charge is -2.29. The van der Waals surface area contributed by atoms with Crippen molar-refractivity contribution in [2.75, 3.05) is 31.7 Å². The zero-order valence-electron chi connectivity index (χ0n) is 11.1. The lowest BCUT2D eigenvalue weighted by atomic mass is 9.99. The molecule has 2 N–H and O–H groups in total. The summed E-state index contributed by atoms with van der Waals surface area (Å²) in [7, 11) is 1.99. The second-order valence-corrected chi connectivity index (χ2v) is 5.40. The van der Waals surface area contributed by atoms with Gasteiger partial charge in [0.2, 0.25) is 0 Å². The number of benzene rings is 1. The number of ether oxygens (including phenoxy) is 1. The minimum atomic E-state index is -0.314. The number of halogens is 1. The van der Waals surface area contributed by atoms with E-state index in [0.29, 0.717) is 11.5 Å². The molecule has 0 atom stereocenters. The van der Waals surface area contributed by atoms with Gasteiger partial charge in [0, 0.05) is 38.1 Å². The second kappa shape index (κ2) is 6.30. The number of hydrogen-bond donors (Lipinski definition) is 1. The maximum Gasteiger partial charge on any atom is 0.124 e. The zero-order valence-corrected chi connectivity index (χ0v) is 11.9. The quantitative estimate of drug-likeness (QED) is 0.860. The van der Waals surface area contributed by atoms with Gasteiger partial charge in [0.1, 0.15) is 10.8 Å². The van der Waals surface area contributed by atoms with Gasteiger partial charge in [0.25, 0.3) is 0 Å². The Bertz CT molecular complexity index is 461. The van der Waals surface area contributed by atoms with Crippen LogP contribution in [0.4, 0.5) is 10.1 Å². The van der Waals surface area contributed by atoms with Crippen molar-refractivity contribution >= 4 is 22.9 Å². The van der Waals surface area contributed by atoms with Gasteiger partial charge < -0.3 is 15.4 Å².